The molecule has 4 N–H and O–H groups in total. The highest BCUT2D eigenvalue weighted by Crippen LogP contribution is 2.48. The molecule has 1 aliphatic heterocycles. The maximum Gasteiger partial charge on any atom is 0.312 e. The Morgan fingerprint density at radius 1 is 0.861 bits per heavy atom. The average molecular weight is 492 g/mol. The van der Waals surface area contributed by atoms with Crippen molar-refractivity contribution in [2.24, 2.45) is 0 Å². The molecule has 1 unspecified atom stereocenters. The lowest BCUT2D eigenvalue weighted by atomic mass is 9.85. The molecule has 36 heavy (non-hydrogen) atoms. The molecule has 0 fully saturated rings. The van der Waals surface area contributed by atoms with Crippen LogP contribution in [0.3, 0.4) is 0 Å². The Kier molecular flexibility index (Phi) is 5.36. The van der Waals surface area contributed by atoms with Crippen LogP contribution in [-0.4, -0.2) is 40.6 Å². The molecular formula is C26H20O10. The summed E-state index contributed by atoms with van der Waals surface area (Å²) in [5, 5.41) is 40.5. The Labute approximate surface area is 203 Å². The summed E-state index contributed by atoms with van der Waals surface area (Å²) in [7, 11) is 2.96. The molecule has 1 aliphatic rings. The first-order valence-electron chi connectivity index (χ1n) is 10.7. The number of carbonyl (C=O) groups is 1. The summed E-state index contributed by atoms with van der Waals surface area (Å²) in [6, 6.07) is 9.82. The monoisotopic (exact) mass is 492 g/mol. The number of ether oxygens (including phenoxy) is 3. The van der Waals surface area contributed by atoms with Gasteiger partial charge in [0, 0.05) is 23.1 Å². The zero-order valence-corrected chi connectivity index (χ0v) is 19.1. The van der Waals surface area contributed by atoms with Crippen LogP contribution in [0.15, 0.2) is 51.7 Å². The van der Waals surface area contributed by atoms with Crippen molar-refractivity contribution in [2.45, 2.75) is 12.3 Å². The van der Waals surface area contributed by atoms with Crippen LogP contribution in [0.4, 0.5) is 0 Å². The standard InChI is InChI=1S/C26H20O10/c1-33-17-6-4-11(8-18(17)34-2)13-9-20(30)35-19-10-16(29)22-23(31)24(32)25(36-26(22)21(13)19)12-3-5-14(27)15(28)7-12/h3-8,10,13,27-29,32H,9H2,1-2H3. The lowest BCUT2D eigenvalue weighted by Crippen LogP contribution is -2.22. The van der Waals surface area contributed by atoms with E-state index in [4.69, 9.17) is 18.6 Å². The molecule has 0 saturated carbocycles. The number of hydrogen-bond acceptors (Lipinski definition) is 10. The van der Waals surface area contributed by atoms with E-state index in [9.17, 15) is 30.0 Å². The molecular weight excluding hydrogens is 472 g/mol. The maximum atomic E-state index is 13.1. The van der Waals surface area contributed by atoms with Crippen LogP contribution in [0.2, 0.25) is 0 Å². The van der Waals surface area contributed by atoms with Crippen LogP contribution in [0, 0.1) is 0 Å². The molecule has 0 bridgehead atoms. The van der Waals surface area contributed by atoms with Crippen LogP contribution in [0.1, 0.15) is 23.5 Å². The fraction of sp³-hybridized carbons (Fsp3) is 0.154. The van der Waals surface area contributed by atoms with Gasteiger partial charge in [-0.1, -0.05) is 6.07 Å². The van der Waals surface area contributed by atoms with E-state index < -0.39 is 40.3 Å². The van der Waals surface area contributed by atoms with E-state index in [2.05, 4.69) is 0 Å². The van der Waals surface area contributed by atoms with Gasteiger partial charge in [-0.05, 0) is 35.9 Å². The lowest BCUT2D eigenvalue weighted by Gasteiger charge is -2.26. The van der Waals surface area contributed by atoms with Gasteiger partial charge >= 0.3 is 5.97 Å². The predicted octanol–water partition coefficient (Wildman–Crippen LogP) is 3.74. The van der Waals surface area contributed by atoms with Gasteiger partial charge in [-0.15, -0.1) is 0 Å². The number of rotatable bonds is 4. The fourth-order valence-electron chi connectivity index (χ4n) is 4.40. The van der Waals surface area contributed by atoms with Crippen molar-refractivity contribution in [2.75, 3.05) is 14.2 Å². The van der Waals surface area contributed by atoms with E-state index in [0.717, 1.165) is 12.1 Å². The lowest BCUT2D eigenvalue weighted by molar-refractivity contribution is -0.135. The zero-order valence-electron chi connectivity index (χ0n) is 19.1. The SMILES string of the molecule is COc1ccc(C2CC(=O)Oc3cc(O)c4c(=O)c(O)c(-c5ccc(O)c(O)c5)oc4c32)cc1OC. The van der Waals surface area contributed by atoms with Crippen molar-refractivity contribution in [1.82, 2.24) is 0 Å². The van der Waals surface area contributed by atoms with Crippen LogP contribution in [0.25, 0.3) is 22.3 Å². The second-order valence-electron chi connectivity index (χ2n) is 8.17. The summed E-state index contributed by atoms with van der Waals surface area (Å²) in [5.74, 6) is -2.92. The number of benzene rings is 3. The van der Waals surface area contributed by atoms with Crippen LogP contribution in [0.5, 0.6) is 40.2 Å². The van der Waals surface area contributed by atoms with E-state index in [0.29, 0.717) is 22.6 Å². The van der Waals surface area contributed by atoms with Crippen LogP contribution < -0.4 is 19.6 Å². The number of fused-ring (bicyclic) bond motifs is 3. The van der Waals surface area contributed by atoms with Gasteiger partial charge in [0.2, 0.25) is 11.2 Å². The number of phenols is 3. The van der Waals surface area contributed by atoms with Crippen LogP contribution in [-0.2, 0) is 4.79 Å². The Morgan fingerprint density at radius 3 is 2.31 bits per heavy atom. The van der Waals surface area contributed by atoms with Crippen molar-refractivity contribution >= 4 is 16.9 Å². The molecule has 5 rings (SSSR count). The summed E-state index contributed by atoms with van der Waals surface area (Å²) >= 11 is 0. The number of aromatic hydroxyl groups is 4. The van der Waals surface area contributed by atoms with Gasteiger partial charge in [0.1, 0.15) is 22.5 Å². The summed E-state index contributed by atoms with van der Waals surface area (Å²) in [6.07, 6.45) is -0.109. The highest BCUT2D eigenvalue weighted by Gasteiger charge is 2.35. The normalized spacial score (nSPS) is 14.8. The Bertz CT molecular complexity index is 1600. The largest absolute Gasteiger partial charge is 0.507 e. The highest BCUT2D eigenvalue weighted by atomic mass is 16.5. The van der Waals surface area contributed by atoms with Crippen molar-refractivity contribution in [3.8, 4) is 51.6 Å². The van der Waals surface area contributed by atoms with Crippen LogP contribution >= 0.6 is 0 Å². The second-order valence-corrected chi connectivity index (χ2v) is 8.17. The molecule has 1 atom stereocenters. The van der Waals surface area contributed by atoms with Gasteiger partial charge in [-0.25, -0.2) is 0 Å². The predicted molar refractivity (Wildman–Crippen MR) is 126 cm³/mol. The van der Waals surface area contributed by atoms with Gasteiger partial charge in [-0.2, -0.15) is 0 Å². The second kappa shape index (κ2) is 8.42. The van der Waals surface area contributed by atoms with E-state index in [1.54, 1.807) is 18.2 Å². The molecule has 3 aromatic carbocycles. The molecule has 0 amide bonds. The molecule has 0 spiro atoms. The third-order valence-corrected chi connectivity index (χ3v) is 6.11. The highest BCUT2D eigenvalue weighted by molar-refractivity contribution is 5.94. The molecule has 10 heteroatoms. The summed E-state index contributed by atoms with van der Waals surface area (Å²) in [5.41, 5.74) is -0.0212. The first-order chi connectivity index (χ1) is 17.2. The fourth-order valence-corrected chi connectivity index (χ4v) is 4.40. The minimum atomic E-state index is -0.929. The quantitative estimate of drug-likeness (QED) is 0.188. The molecule has 10 nitrogen and oxygen atoms in total. The topological polar surface area (TPSA) is 156 Å². The molecule has 184 valence electrons. The Morgan fingerprint density at radius 2 is 1.61 bits per heavy atom. The van der Waals surface area contributed by atoms with E-state index in [1.807, 2.05) is 0 Å². The summed E-state index contributed by atoms with van der Waals surface area (Å²) in [6.45, 7) is 0. The number of methoxy groups -OCH3 is 2. The van der Waals surface area contributed by atoms with Gasteiger partial charge in [0.05, 0.1) is 20.6 Å². The first kappa shape index (κ1) is 22.9. The van der Waals surface area contributed by atoms with Crippen molar-refractivity contribution in [3.05, 3.63) is 63.8 Å². The van der Waals surface area contributed by atoms with Gasteiger partial charge in [0.15, 0.2) is 28.8 Å². The zero-order chi connectivity index (χ0) is 25.7. The van der Waals surface area contributed by atoms with Gasteiger partial charge < -0.3 is 39.1 Å². The average Bonchev–Trinajstić information content (AvgIpc) is 2.86. The number of carbonyl (C=O) groups excluding carboxylic acids is 1. The number of hydrogen-bond donors (Lipinski definition) is 4. The summed E-state index contributed by atoms with van der Waals surface area (Å²) < 4.78 is 22.0. The van der Waals surface area contributed by atoms with Crippen molar-refractivity contribution in [1.29, 1.82) is 0 Å². The maximum absolute atomic E-state index is 13.1. The third-order valence-electron chi connectivity index (χ3n) is 6.11. The molecule has 0 radical (unpaired) electrons. The molecule has 0 saturated heterocycles. The summed E-state index contributed by atoms with van der Waals surface area (Å²) in [4.78, 5) is 25.6. The van der Waals surface area contributed by atoms with E-state index in [1.165, 1.54) is 26.4 Å². The third kappa shape index (κ3) is 3.50. The number of esters is 1. The first-order valence-corrected chi connectivity index (χ1v) is 10.7. The smallest absolute Gasteiger partial charge is 0.312 e. The molecule has 0 aliphatic carbocycles. The molecule has 2 heterocycles. The Balaban J connectivity index is 1.83. The molecule has 1 aromatic heterocycles. The Hall–Kier alpha value is -4.86. The minimum absolute atomic E-state index is 0.00984. The van der Waals surface area contributed by atoms with Gasteiger partial charge in [-0.3, -0.25) is 9.59 Å². The van der Waals surface area contributed by atoms with Crippen molar-refractivity contribution in [3.63, 3.8) is 0 Å². The van der Waals surface area contributed by atoms with Gasteiger partial charge in [0.25, 0.3) is 0 Å². The molecule has 4 aromatic rings. The van der Waals surface area contributed by atoms with Crippen molar-refractivity contribution < 1.29 is 43.8 Å². The van der Waals surface area contributed by atoms with E-state index >= 15 is 0 Å². The van der Waals surface area contributed by atoms with E-state index in [-0.39, 0.29) is 34.5 Å². The minimum Gasteiger partial charge on any atom is -0.507 e. The number of phenolic OH excluding ortho intramolecular Hbond substituents is 3.